The molecule has 0 spiro atoms. The van der Waals surface area contributed by atoms with E-state index >= 15 is 0 Å². The molecule has 0 fully saturated rings. The minimum atomic E-state index is -3.75. The lowest BCUT2D eigenvalue weighted by atomic mass is 10.2. The Morgan fingerprint density at radius 2 is 1.64 bits per heavy atom. The lowest BCUT2D eigenvalue weighted by Gasteiger charge is -2.20. The molecule has 0 aliphatic rings. The van der Waals surface area contributed by atoms with E-state index in [1.807, 2.05) is 0 Å². The Morgan fingerprint density at radius 3 is 2.18 bits per heavy atom. The Bertz CT molecular complexity index is 747. The minimum Gasteiger partial charge on any atom is -0.262 e. The van der Waals surface area contributed by atoms with Crippen molar-refractivity contribution in [3.63, 3.8) is 0 Å². The first-order chi connectivity index (χ1) is 10.3. The number of anilines is 1. The third-order valence-electron chi connectivity index (χ3n) is 2.55. The molecule has 22 heavy (non-hydrogen) atoms. The second-order valence-electron chi connectivity index (χ2n) is 4.08. The highest BCUT2D eigenvalue weighted by molar-refractivity contribution is 8.09. The number of hydrazone groups is 1. The molecular formula is C13H8Cl5N2OP. The molecule has 3 nitrogen and oxygen atoms in total. The molecule has 0 N–H and O–H groups in total. The number of para-hydroxylation sites is 1. The van der Waals surface area contributed by atoms with Crippen LogP contribution in [0.2, 0.25) is 10.0 Å². The SMILES string of the molecule is O=P(Cl)(Cl)N(N=C(Cl)c1ccc(Cl)c(Cl)c1)c1ccccc1. The molecule has 116 valence electrons. The Morgan fingerprint density at radius 1 is 1.00 bits per heavy atom. The van der Waals surface area contributed by atoms with Gasteiger partial charge in [-0.1, -0.05) is 59.1 Å². The summed E-state index contributed by atoms with van der Waals surface area (Å²) >= 11 is 29.4. The van der Waals surface area contributed by atoms with E-state index in [4.69, 9.17) is 57.3 Å². The molecule has 0 saturated carbocycles. The number of benzene rings is 2. The Balaban J connectivity index is 2.45. The summed E-state index contributed by atoms with van der Waals surface area (Å²) in [5, 5.41) is 4.77. The zero-order valence-corrected chi connectivity index (χ0v) is 15.4. The van der Waals surface area contributed by atoms with Gasteiger partial charge in [-0.05, 0) is 46.7 Å². The predicted molar refractivity (Wildman–Crippen MR) is 97.1 cm³/mol. The molecule has 0 aliphatic heterocycles. The maximum absolute atomic E-state index is 12.0. The highest BCUT2D eigenvalue weighted by Crippen LogP contribution is 2.61. The smallest absolute Gasteiger partial charge is 0.262 e. The molecule has 0 atom stereocenters. The zero-order chi connectivity index (χ0) is 16.3. The summed E-state index contributed by atoms with van der Waals surface area (Å²) in [6.45, 7) is 0. The van der Waals surface area contributed by atoms with Crippen LogP contribution in [0.3, 0.4) is 0 Å². The van der Waals surface area contributed by atoms with Crippen LogP contribution in [0.4, 0.5) is 5.69 Å². The summed E-state index contributed by atoms with van der Waals surface area (Å²) in [5.74, 6) is -3.75. The number of hydrogen-bond donors (Lipinski definition) is 0. The van der Waals surface area contributed by atoms with Gasteiger partial charge in [0.15, 0.2) is 5.17 Å². The van der Waals surface area contributed by atoms with Crippen molar-refractivity contribution in [3.8, 4) is 0 Å². The molecule has 0 amide bonds. The monoisotopic (exact) mass is 414 g/mol. The first-order valence-corrected chi connectivity index (χ1v) is 10.4. The molecule has 0 bridgehead atoms. The topological polar surface area (TPSA) is 32.7 Å². The van der Waals surface area contributed by atoms with E-state index in [1.165, 1.54) is 6.07 Å². The molecular weight excluding hydrogens is 408 g/mol. The van der Waals surface area contributed by atoms with Gasteiger partial charge in [0.2, 0.25) is 0 Å². The van der Waals surface area contributed by atoms with Crippen LogP contribution in [-0.4, -0.2) is 5.17 Å². The maximum Gasteiger partial charge on any atom is 0.365 e. The molecule has 9 heteroatoms. The second-order valence-corrected chi connectivity index (χ2v) is 9.77. The molecule has 2 aromatic rings. The van der Waals surface area contributed by atoms with Gasteiger partial charge >= 0.3 is 6.00 Å². The molecule has 0 heterocycles. The average molecular weight is 416 g/mol. The van der Waals surface area contributed by atoms with Crippen molar-refractivity contribution in [1.82, 2.24) is 0 Å². The van der Waals surface area contributed by atoms with Crippen LogP contribution in [0.15, 0.2) is 53.6 Å². The standard InChI is InChI=1S/C13H8Cl5N2OP/c14-11-7-6-9(8-12(11)15)13(16)19-20(22(17,18)21)10-4-2-1-3-5-10/h1-8H. The number of rotatable bonds is 4. The maximum atomic E-state index is 12.0. The van der Waals surface area contributed by atoms with Gasteiger partial charge in [0.05, 0.1) is 15.7 Å². The largest absolute Gasteiger partial charge is 0.365 e. The van der Waals surface area contributed by atoms with Crippen molar-refractivity contribution in [2.45, 2.75) is 0 Å². The summed E-state index contributed by atoms with van der Waals surface area (Å²) in [4.78, 5) is 0. The third kappa shape index (κ3) is 4.55. The summed E-state index contributed by atoms with van der Waals surface area (Å²) in [5.41, 5.74) is 0.924. The summed E-state index contributed by atoms with van der Waals surface area (Å²) in [6.07, 6.45) is 0. The highest BCUT2D eigenvalue weighted by atomic mass is 35.9. The molecule has 0 aromatic heterocycles. The Hall–Kier alpha value is -0.410. The van der Waals surface area contributed by atoms with E-state index in [9.17, 15) is 4.57 Å². The predicted octanol–water partition coefficient (Wildman–Crippen LogP) is 6.99. The quantitative estimate of drug-likeness (QED) is 0.306. The van der Waals surface area contributed by atoms with Crippen LogP contribution in [-0.2, 0) is 4.57 Å². The summed E-state index contributed by atoms with van der Waals surface area (Å²) in [7, 11) is 0. The van der Waals surface area contributed by atoms with Gasteiger partial charge < -0.3 is 0 Å². The molecule has 0 saturated heterocycles. The highest BCUT2D eigenvalue weighted by Gasteiger charge is 2.26. The van der Waals surface area contributed by atoms with Crippen LogP contribution in [0.1, 0.15) is 5.56 Å². The molecule has 0 unspecified atom stereocenters. The van der Waals surface area contributed by atoms with E-state index in [0.717, 1.165) is 4.78 Å². The summed E-state index contributed by atoms with van der Waals surface area (Å²) in [6, 6.07) is 13.3. The van der Waals surface area contributed by atoms with Crippen molar-refractivity contribution >= 4 is 74.1 Å². The molecule has 2 aromatic carbocycles. The van der Waals surface area contributed by atoms with Gasteiger partial charge in [0, 0.05) is 5.56 Å². The minimum absolute atomic E-state index is 0.0175. The lowest BCUT2D eigenvalue weighted by molar-refractivity contribution is 0.590. The van der Waals surface area contributed by atoms with Crippen LogP contribution >= 0.6 is 63.3 Å². The first-order valence-electron chi connectivity index (χ1n) is 5.83. The van der Waals surface area contributed by atoms with Crippen molar-refractivity contribution < 1.29 is 4.57 Å². The fourth-order valence-electron chi connectivity index (χ4n) is 1.57. The van der Waals surface area contributed by atoms with Gasteiger partial charge in [-0.25, -0.2) is 0 Å². The van der Waals surface area contributed by atoms with Gasteiger partial charge in [0.1, 0.15) is 0 Å². The van der Waals surface area contributed by atoms with E-state index in [2.05, 4.69) is 5.10 Å². The van der Waals surface area contributed by atoms with Gasteiger partial charge in [-0.3, -0.25) is 4.57 Å². The molecule has 0 aliphatic carbocycles. The zero-order valence-electron chi connectivity index (χ0n) is 10.8. The lowest BCUT2D eigenvalue weighted by Crippen LogP contribution is -2.10. The van der Waals surface area contributed by atoms with Gasteiger partial charge in [0.25, 0.3) is 0 Å². The normalized spacial score (nSPS) is 12.3. The van der Waals surface area contributed by atoms with E-state index in [-0.39, 0.29) is 5.17 Å². The fraction of sp³-hybridized carbons (Fsp3) is 0. The van der Waals surface area contributed by atoms with Crippen molar-refractivity contribution in [1.29, 1.82) is 0 Å². The van der Waals surface area contributed by atoms with E-state index in [1.54, 1.807) is 42.5 Å². The van der Waals surface area contributed by atoms with Gasteiger partial charge in [-0.15, -0.1) is 0 Å². The molecule has 0 radical (unpaired) electrons. The van der Waals surface area contributed by atoms with Crippen molar-refractivity contribution in [3.05, 3.63) is 64.1 Å². The fourth-order valence-corrected chi connectivity index (χ4v) is 3.44. The van der Waals surface area contributed by atoms with Gasteiger partial charge in [-0.2, -0.15) is 9.88 Å². The van der Waals surface area contributed by atoms with Crippen LogP contribution < -0.4 is 4.78 Å². The number of hydrogen-bond acceptors (Lipinski definition) is 2. The average Bonchev–Trinajstić information content (AvgIpc) is 2.47. The van der Waals surface area contributed by atoms with Crippen LogP contribution in [0, 0.1) is 0 Å². The van der Waals surface area contributed by atoms with Crippen LogP contribution in [0.5, 0.6) is 0 Å². The van der Waals surface area contributed by atoms with E-state index in [0.29, 0.717) is 21.3 Å². The third-order valence-corrected chi connectivity index (χ3v) is 5.20. The molecule has 2 rings (SSSR count). The van der Waals surface area contributed by atoms with Crippen LogP contribution in [0.25, 0.3) is 0 Å². The number of halogens is 5. The van der Waals surface area contributed by atoms with Crippen molar-refractivity contribution in [2.24, 2.45) is 5.10 Å². The summed E-state index contributed by atoms with van der Waals surface area (Å²) < 4.78 is 13.0. The number of nitrogens with zero attached hydrogens (tertiary/aromatic N) is 2. The van der Waals surface area contributed by atoms with E-state index < -0.39 is 6.00 Å². The van der Waals surface area contributed by atoms with Crippen molar-refractivity contribution in [2.75, 3.05) is 4.78 Å². The Labute approximate surface area is 152 Å². The Kier molecular flexibility index (Phi) is 6.07. The first kappa shape index (κ1) is 17.9. The second kappa shape index (κ2) is 7.44.